The Labute approximate surface area is 173 Å². The van der Waals surface area contributed by atoms with Crippen molar-refractivity contribution < 1.29 is 4.74 Å². The van der Waals surface area contributed by atoms with E-state index in [1.807, 2.05) is 42.2 Å². The number of aromatic amines is 1. The number of nitrogens with zero attached hydrogens (tertiary/aromatic N) is 3. The van der Waals surface area contributed by atoms with E-state index in [9.17, 15) is 0 Å². The van der Waals surface area contributed by atoms with E-state index in [0.717, 1.165) is 40.8 Å². The molecule has 5 nitrogen and oxygen atoms in total. The smallest absolute Gasteiger partial charge is 0.119 e. The van der Waals surface area contributed by atoms with Crippen LogP contribution in [0.5, 0.6) is 5.75 Å². The van der Waals surface area contributed by atoms with Crippen molar-refractivity contribution in [3.63, 3.8) is 0 Å². The van der Waals surface area contributed by atoms with Gasteiger partial charge >= 0.3 is 0 Å². The van der Waals surface area contributed by atoms with Crippen molar-refractivity contribution in [1.29, 1.82) is 0 Å². The summed E-state index contributed by atoms with van der Waals surface area (Å²) in [6.45, 7) is 3.33. The summed E-state index contributed by atoms with van der Waals surface area (Å²) in [5, 5.41) is 7.64. The fourth-order valence-electron chi connectivity index (χ4n) is 3.93. The van der Waals surface area contributed by atoms with E-state index >= 15 is 0 Å². The number of nitrogens with one attached hydrogen (secondary N) is 1. The summed E-state index contributed by atoms with van der Waals surface area (Å²) in [6.07, 6.45) is 8.49. The number of fused-ring (bicyclic) bond motifs is 3. The van der Waals surface area contributed by atoms with Gasteiger partial charge in [0.1, 0.15) is 12.4 Å². The number of aryl methyl sites for hydroxylation is 1. The number of benzene rings is 1. The van der Waals surface area contributed by atoms with Gasteiger partial charge in [-0.15, -0.1) is 11.6 Å². The third-order valence-corrected chi connectivity index (χ3v) is 5.63. The maximum absolute atomic E-state index is 6.60. The Balaban J connectivity index is 1.47. The van der Waals surface area contributed by atoms with Gasteiger partial charge in [0.25, 0.3) is 0 Å². The lowest BCUT2D eigenvalue weighted by Gasteiger charge is -2.14. The Kier molecular flexibility index (Phi) is 4.60. The van der Waals surface area contributed by atoms with Crippen molar-refractivity contribution in [1.82, 2.24) is 19.7 Å². The van der Waals surface area contributed by atoms with Crippen molar-refractivity contribution in [3.8, 4) is 5.75 Å². The van der Waals surface area contributed by atoms with E-state index in [0.29, 0.717) is 6.61 Å². The standard InChI is InChI=1S/C23H21ClN4O/c1-15-22-19(7-9-25-15)21-14-17(24)13-20(23(21)27-22)16-3-5-18(6-4-16)29-12-11-28-10-2-8-26-28/h2-10,14,17,27H,11-13H2,1H3. The van der Waals surface area contributed by atoms with Crippen molar-refractivity contribution >= 4 is 34.2 Å². The second-order valence-electron chi connectivity index (χ2n) is 7.24. The van der Waals surface area contributed by atoms with E-state index in [-0.39, 0.29) is 5.38 Å². The second-order valence-corrected chi connectivity index (χ2v) is 7.80. The molecular weight excluding hydrogens is 384 g/mol. The molecule has 0 spiro atoms. The average molecular weight is 405 g/mol. The zero-order chi connectivity index (χ0) is 19.8. The fraction of sp³-hybridized carbons (Fsp3) is 0.217. The number of rotatable bonds is 5. The SMILES string of the molecule is Cc1nccc2c3c([nH]c12)=C(c1ccc(OCCn2cccn2)cc1)CC(Cl)C=3. The van der Waals surface area contributed by atoms with E-state index in [1.165, 1.54) is 16.2 Å². The monoisotopic (exact) mass is 404 g/mol. The average Bonchev–Trinajstić information content (AvgIpc) is 3.37. The predicted octanol–water partition coefficient (Wildman–Crippen LogP) is 3.14. The zero-order valence-corrected chi connectivity index (χ0v) is 16.9. The molecule has 0 bridgehead atoms. The van der Waals surface area contributed by atoms with Gasteiger partial charge in [-0.2, -0.15) is 5.10 Å². The van der Waals surface area contributed by atoms with Crippen molar-refractivity contribution in [2.75, 3.05) is 6.61 Å². The molecule has 6 heteroatoms. The largest absolute Gasteiger partial charge is 0.492 e. The number of H-pyrrole nitrogens is 1. The number of hydrogen-bond acceptors (Lipinski definition) is 3. The molecule has 1 N–H and O–H groups in total. The van der Waals surface area contributed by atoms with Gasteiger partial charge in [0, 0.05) is 29.2 Å². The summed E-state index contributed by atoms with van der Waals surface area (Å²) < 4.78 is 7.72. The lowest BCUT2D eigenvalue weighted by atomic mass is 9.96. The van der Waals surface area contributed by atoms with Crippen LogP contribution in [0.15, 0.2) is 55.0 Å². The number of aromatic nitrogens is 4. The van der Waals surface area contributed by atoms with Crippen LogP contribution in [0.4, 0.5) is 0 Å². The molecule has 3 aromatic heterocycles. The zero-order valence-electron chi connectivity index (χ0n) is 16.1. The summed E-state index contributed by atoms with van der Waals surface area (Å²) in [4.78, 5) is 8.00. The second kappa shape index (κ2) is 7.41. The third-order valence-electron chi connectivity index (χ3n) is 5.35. The molecule has 3 heterocycles. The topological polar surface area (TPSA) is 55.7 Å². The molecule has 0 saturated heterocycles. The molecule has 1 aromatic carbocycles. The van der Waals surface area contributed by atoms with E-state index in [4.69, 9.17) is 16.3 Å². The molecule has 0 fully saturated rings. The first-order chi connectivity index (χ1) is 14.2. The normalized spacial score (nSPS) is 15.9. The van der Waals surface area contributed by atoms with Crippen LogP contribution in [-0.4, -0.2) is 31.7 Å². The number of alkyl halides is 1. The summed E-state index contributed by atoms with van der Waals surface area (Å²) in [5.41, 5.74) is 4.45. The molecule has 0 radical (unpaired) electrons. The lowest BCUT2D eigenvalue weighted by Crippen LogP contribution is -2.31. The first-order valence-corrected chi connectivity index (χ1v) is 10.2. The van der Waals surface area contributed by atoms with Gasteiger partial charge in [0.2, 0.25) is 0 Å². The van der Waals surface area contributed by atoms with Gasteiger partial charge in [-0.1, -0.05) is 18.2 Å². The highest BCUT2D eigenvalue weighted by molar-refractivity contribution is 6.24. The molecule has 1 aliphatic carbocycles. The minimum Gasteiger partial charge on any atom is -0.492 e. The molecule has 29 heavy (non-hydrogen) atoms. The Bertz CT molecular complexity index is 1270. The highest BCUT2D eigenvalue weighted by Crippen LogP contribution is 2.25. The molecular formula is C23H21ClN4O. The van der Waals surface area contributed by atoms with Crippen LogP contribution in [0.3, 0.4) is 0 Å². The quantitative estimate of drug-likeness (QED) is 0.520. The maximum atomic E-state index is 6.60. The van der Waals surface area contributed by atoms with Crippen LogP contribution < -0.4 is 15.3 Å². The Morgan fingerprint density at radius 3 is 2.86 bits per heavy atom. The van der Waals surface area contributed by atoms with Gasteiger partial charge in [-0.3, -0.25) is 9.67 Å². The molecule has 0 saturated carbocycles. The summed E-state index contributed by atoms with van der Waals surface area (Å²) >= 11 is 6.60. The number of halogens is 1. The van der Waals surface area contributed by atoms with Crippen LogP contribution in [0.25, 0.3) is 22.6 Å². The predicted molar refractivity (Wildman–Crippen MR) is 115 cm³/mol. The first kappa shape index (κ1) is 18.0. The van der Waals surface area contributed by atoms with Gasteiger partial charge in [-0.05, 0) is 48.7 Å². The van der Waals surface area contributed by atoms with Crippen LogP contribution >= 0.6 is 11.6 Å². The summed E-state index contributed by atoms with van der Waals surface area (Å²) in [7, 11) is 0. The molecule has 5 rings (SSSR count). The Morgan fingerprint density at radius 2 is 2.07 bits per heavy atom. The van der Waals surface area contributed by atoms with Crippen LogP contribution in [0, 0.1) is 6.92 Å². The van der Waals surface area contributed by atoms with Gasteiger partial charge < -0.3 is 9.72 Å². The highest BCUT2D eigenvalue weighted by Gasteiger charge is 2.17. The van der Waals surface area contributed by atoms with E-state index in [2.05, 4.69) is 39.3 Å². The third kappa shape index (κ3) is 3.42. The first-order valence-electron chi connectivity index (χ1n) is 9.72. The number of hydrogen-bond donors (Lipinski definition) is 1. The molecule has 146 valence electrons. The van der Waals surface area contributed by atoms with Crippen molar-refractivity contribution in [2.24, 2.45) is 0 Å². The fourth-order valence-corrected chi connectivity index (χ4v) is 4.21. The highest BCUT2D eigenvalue weighted by atomic mass is 35.5. The molecule has 1 unspecified atom stereocenters. The molecule has 0 amide bonds. The van der Waals surface area contributed by atoms with Crippen LogP contribution in [0.2, 0.25) is 0 Å². The van der Waals surface area contributed by atoms with Gasteiger partial charge in [0.15, 0.2) is 0 Å². The van der Waals surface area contributed by atoms with E-state index in [1.54, 1.807) is 6.20 Å². The number of ether oxygens (including phenoxy) is 1. The van der Waals surface area contributed by atoms with E-state index < -0.39 is 0 Å². The summed E-state index contributed by atoms with van der Waals surface area (Å²) in [6, 6.07) is 12.2. The minimum absolute atomic E-state index is 0.0324. The molecule has 0 aliphatic heterocycles. The Hall–Kier alpha value is -3.05. The molecule has 1 atom stereocenters. The Morgan fingerprint density at radius 1 is 1.21 bits per heavy atom. The van der Waals surface area contributed by atoms with Crippen LogP contribution in [-0.2, 0) is 6.54 Å². The number of pyridine rings is 1. The van der Waals surface area contributed by atoms with Crippen molar-refractivity contribution in [2.45, 2.75) is 25.3 Å². The minimum atomic E-state index is -0.0324. The maximum Gasteiger partial charge on any atom is 0.119 e. The van der Waals surface area contributed by atoms with Gasteiger partial charge in [-0.25, -0.2) is 0 Å². The summed E-state index contributed by atoms with van der Waals surface area (Å²) in [5.74, 6) is 0.850. The lowest BCUT2D eigenvalue weighted by molar-refractivity contribution is 0.291. The van der Waals surface area contributed by atoms with Crippen LogP contribution in [0.1, 0.15) is 17.7 Å². The molecule has 1 aliphatic rings. The van der Waals surface area contributed by atoms with Gasteiger partial charge in [0.05, 0.1) is 28.5 Å². The van der Waals surface area contributed by atoms with Crippen molar-refractivity contribution in [3.05, 3.63) is 76.8 Å². The molecule has 4 aromatic rings.